The first-order valence-corrected chi connectivity index (χ1v) is 5.41. The quantitative estimate of drug-likeness (QED) is 0.477. The molecule has 6 heteroatoms. The highest BCUT2D eigenvalue weighted by Crippen LogP contribution is 2.23. The van der Waals surface area contributed by atoms with Crippen molar-refractivity contribution in [3.63, 3.8) is 0 Å². The zero-order valence-electron chi connectivity index (χ0n) is 9.26. The summed E-state index contributed by atoms with van der Waals surface area (Å²) in [7, 11) is 0. The highest BCUT2D eigenvalue weighted by Gasteiger charge is 2.17. The molecule has 1 aliphatic rings. The van der Waals surface area contributed by atoms with Crippen LogP contribution in [0.4, 0.5) is 11.4 Å². The molecule has 0 unspecified atom stereocenters. The van der Waals surface area contributed by atoms with Gasteiger partial charge in [-0.1, -0.05) is 0 Å². The molecule has 6 nitrogen and oxygen atoms in total. The minimum absolute atomic E-state index is 0.131. The van der Waals surface area contributed by atoms with Gasteiger partial charge in [-0.2, -0.15) is 0 Å². The van der Waals surface area contributed by atoms with Gasteiger partial charge in [0, 0.05) is 37.9 Å². The summed E-state index contributed by atoms with van der Waals surface area (Å²) in [6, 6.07) is 4.66. The van der Waals surface area contributed by atoms with E-state index >= 15 is 0 Å². The maximum atomic E-state index is 10.8. The van der Waals surface area contributed by atoms with Crippen molar-refractivity contribution in [2.24, 2.45) is 0 Å². The summed E-state index contributed by atoms with van der Waals surface area (Å²) < 4.78 is 0. The summed E-state index contributed by atoms with van der Waals surface area (Å²) in [4.78, 5) is 23.1. The van der Waals surface area contributed by atoms with Crippen molar-refractivity contribution in [3.05, 3.63) is 33.9 Å². The van der Waals surface area contributed by atoms with Gasteiger partial charge in [0.2, 0.25) is 0 Å². The molecule has 0 bridgehead atoms. The summed E-state index contributed by atoms with van der Waals surface area (Å²) in [6.07, 6.45) is 0.532. The smallest absolute Gasteiger partial charge is 0.280 e. The zero-order valence-corrected chi connectivity index (χ0v) is 9.26. The second-order valence-electron chi connectivity index (χ2n) is 3.86. The van der Waals surface area contributed by atoms with Crippen molar-refractivity contribution < 1.29 is 9.72 Å². The molecule has 90 valence electrons. The van der Waals surface area contributed by atoms with Crippen LogP contribution < -0.4 is 10.2 Å². The fraction of sp³-hybridized carbons (Fsp3) is 0.364. The standard InChI is InChI=1S/C11H13N3O3/c15-8-9-7-10(1-2-11(9)14(16)17)13-5-3-12-4-6-13/h1-2,7-8,12H,3-6H2. The number of nitro benzene ring substituents is 1. The molecular weight excluding hydrogens is 222 g/mol. The molecule has 0 saturated carbocycles. The molecular formula is C11H13N3O3. The Bertz CT molecular complexity index is 442. The average Bonchev–Trinajstić information content (AvgIpc) is 2.39. The van der Waals surface area contributed by atoms with Crippen LogP contribution in [-0.4, -0.2) is 37.4 Å². The van der Waals surface area contributed by atoms with Crippen LogP contribution in [0.3, 0.4) is 0 Å². The number of benzene rings is 1. The van der Waals surface area contributed by atoms with Gasteiger partial charge >= 0.3 is 0 Å². The lowest BCUT2D eigenvalue weighted by atomic mass is 10.1. The minimum atomic E-state index is -0.536. The Morgan fingerprint density at radius 3 is 2.65 bits per heavy atom. The Kier molecular flexibility index (Phi) is 3.34. The van der Waals surface area contributed by atoms with Crippen LogP contribution in [0, 0.1) is 10.1 Å². The van der Waals surface area contributed by atoms with Gasteiger partial charge in [-0.25, -0.2) is 0 Å². The van der Waals surface area contributed by atoms with Gasteiger partial charge in [-0.3, -0.25) is 14.9 Å². The van der Waals surface area contributed by atoms with E-state index in [1.165, 1.54) is 6.07 Å². The third kappa shape index (κ3) is 2.42. The lowest BCUT2D eigenvalue weighted by Crippen LogP contribution is -2.43. The summed E-state index contributed by atoms with van der Waals surface area (Å²) in [5.41, 5.74) is 0.851. The number of nitro groups is 1. The molecule has 17 heavy (non-hydrogen) atoms. The summed E-state index contributed by atoms with van der Waals surface area (Å²) in [5, 5.41) is 13.9. The van der Waals surface area contributed by atoms with Crippen LogP contribution >= 0.6 is 0 Å². The number of carbonyl (C=O) groups is 1. The Morgan fingerprint density at radius 1 is 1.35 bits per heavy atom. The first-order chi connectivity index (χ1) is 8.22. The lowest BCUT2D eigenvalue weighted by Gasteiger charge is -2.29. The van der Waals surface area contributed by atoms with Crippen molar-refractivity contribution in [3.8, 4) is 0 Å². The number of anilines is 1. The minimum Gasteiger partial charge on any atom is -0.369 e. The van der Waals surface area contributed by atoms with E-state index in [9.17, 15) is 14.9 Å². The summed E-state index contributed by atoms with van der Waals surface area (Å²) in [5.74, 6) is 0. The number of nitrogens with zero attached hydrogens (tertiary/aromatic N) is 2. The van der Waals surface area contributed by atoms with Gasteiger partial charge < -0.3 is 10.2 Å². The molecule has 0 aliphatic carbocycles. The molecule has 0 spiro atoms. The number of piperazine rings is 1. The molecule has 0 atom stereocenters. The number of aldehydes is 1. The van der Waals surface area contributed by atoms with E-state index in [2.05, 4.69) is 10.2 Å². The normalized spacial score (nSPS) is 15.6. The van der Waals surface area contributed by atoms with Crippen molar-refractivity contribution in [1.29, 1.82) is 0 Å². The third-order valence-corrected chi connectivity index (χ3v) is 2.82. The summed E-state index contributed by atoms with van der Waals surface area (Å²) >= 11 is 0. The van der Waals surface area contributed by atoms with Crippen molar-refractivity contribution in [2.75, 3.05) is 31.1 Å². The molecule has 0 aromatic heterocycles. The van der Waals surface area contributed by atoms with Gasteiger partial charge in [0.1, 0.15) is 0 Å². The Balaban J connectivity index is 2.30. The number of nitrogens with one attached hydrogen (secondary N) is 1. The van der Waals surface area contributed by atoms with E-state index in [1.54, 1.807) is 12.1 Å². The molecule has 1 saturated heterocycles. The number of hydrogen-bond acceptors (Lipinski definition) is 5. The van der Waals surface area contributed by atoms with Gasteiger partial charge in [-0.15, -0.1) is 0 Å². The maximum Gasteiger partial charge on any atom is 0.280 e. The third-order valence-electron chi connectivity index (χ3n) is 2.82. The van der Waals surface area contributed by atoms with Crippen LogP contribution in [0.15, 0.2) is 18.2 Å². The number of hydrogen-bond donors (Lipinski definition) is 1. The highest BCUT2D eigenvalue weighted by molar-refractivity contribution is 5.83. The predicted molar refractivity (Wildman–Crippen MR) is 63.6 cm³/mol. The van der Waals surface area contributed by atoms with Crippen molar-refractivity contribution >= 4 is 17.7 Å². The fourth-order valence-corrected chi connectivity index (χ4v) is 1.92. The monoisotopic (exact) mass is 235 g/mol. The van der Waals surface area contributed by atoms with Gasteiger partial charge in [0.25, 0.3) is 5.69 Å². The molecule has 1 fully saturated rings. The number of carbonyl (C=O) groups excluding carboxylic acids is 1. The molecule has 1 N–H and O–H groups in total. The van der Waals surface area contributed by atoms with Crippen LogP contribution in [0.5, 0.6) is 0 Å². The van der Waals surface area contributed by atoms with E-state index < -0.39 is 4.92 Å². The van der Waals surface area contributed by atoms with Gasteiger partial charge in [0.05, 0.1) is 10.5 Å². The van der Waals surface area contributed by atoms with Crippen LogP contribution in [0.2, 0.25) is 0 Å². The molecule has 1 aliphatic heterocycles. The molecule has 0 radical (unpaired) electrons. The molecule has 0 amide bonds. The first kappa shape index (κ1) is 11.5. The van der Waals surface area contributed by atoms with E-state index in [4.69, 9.17) is 0 Å². The van der Waals surface area contributed by atoms with Crippen molar-refractivity contribution in [1.82, 2.24) is 5.32 Å². The molecule has 2 rings (SSSR count). The largest absolute Gasteiger partial charge is 0.369 e. The van der Waals surface area contributed by atoms with E-state index in [-0.39, 0.29) is 11.3 Å². The van der Waals surface area contributed by atoms with Gasteiger partial charge in [0.15, 0.2) is 6.29 Å². The van der Waals surface area contributed by atoms with Crippen LogP contribution in [0.1, 0.15) is 10.4 Å². The number of rotatable bonds is 3. The van der Waals surface area contributed by atoms with Crippen LogP contribution in [0.25, 0.3) is 0 Å². The molecule has 1 heterocycles. The fourth-order valence-electron chi connectivity index (χ4n) is 1.92. The second-order valence-corrected chi connectivity index (χ2v) is 3.86. The predicted octanol–water partition coefficient (Wildman–Crippen LogP) is 0.817. The SMILES string of the molecule is O=Cc1cc(N2CCNCC2)ccc1[N+](=O)[O-]. The van der Waals surface area contributed by atoms with Gasteiger partial charge in [-0.05, 0) is 12.1 Å². The Morgan fingerprint density at radius 2 is 2.06 bits per heavy atom. The van der Waals surface area contributed by atoms with Crippen LogP contribution in [-0.2, 0) is 0 Å². The zero-order chi connectivity index (χ0) is 12.3. The van der Waals surface area contributed by atoms with E-state index in [0.29, 0.717) is 6.29 Å². The maximum absolute atomic E-state index is 10.8. The topological polar surface area (TPSA) is 75.5 Å². The highest BCUT2D eigenvalue weighted by atomic mass is 16.6. The van der Waals surface area contributed by atoms with E-state index in [1.807, 2.05) is 0 Å². The Labute approximate surface area is 98.4 Å². The Hall–Kier alpha value is -1.95. The first-order valence-electron chi connectivity index (χ1n) is 5.41. The summed E-state index contributed by atoms with van der Waals surface area (Å²) in [6.45, 7) is 3.45. The second kappa shape index (κ2) is 4.92. The van der Waals surface area contributed by atoms with Crippen molar-refractivity contribution in [2.45, 2.75) is 0 Å². The molecule has 1 aromatic carbocycles. The average molecular weight is 235 g/mol. The van der Waals surface area contributed by atoms with E-state index in [0.717, 1.165) is 31.9 Å². The molecule has 1 aromatic rings. The lowest BCUT2D eigenvalue weighted by molar-refractivity contribution is -0.385.